The fraction of sp³-hybridized carbons (Fsp3) is 0.143. The molecule has 1 aliphatic carbocycles. The second-order valence-electron chi connectivity index (χ2n) is 18.0. The van der Waals surface area contributed by atoms with Crippen LogP contribution < -0.4 is 0 Å². The summed E-state index contributed by atoms with van der Waals surface area (Å²) in [6.45, 7) is 9.65. The number of rotatable bonds is 4. The van der Waals surface area contributed by atoms with E-state index < -0.39 is 0 Å². The zero-order valence-electron chi connectivity index (χ0n) is 33.9. The molecule has 0 N–H and O–H groups in total. The van der Waals surface area contributed by atoms with Crippen LogP contribution in [0.3, 0.4) is 0 Å². The van der Waals surface area contributed by atoms with E-state index in [1.165, 1.54) is 121 Å². The van der Waals surface area contributed by atoms with Crippen LogP contribution in [0.4, 0.5) is 0 Å². The van der Waals surface area contributed by atoms with E-state index in [9.17, 15) is 0 Å². The highest BCUT2D eigenvalue weighted by molar-refractivity contribution is 7.25. The number of hydrogen-bond acceptors (Lipinski definition) is 1. The smallest absolute Gasteiger partial charge is 0.0541 e. The molecule has 8 aromatic carbocycles. The molecule has 3 aromatic heterocycles. The van der Waals surface area contributed by atoms with Crippen molar-refractivity contribution in [3.8, 4) is 33.6 Å². The minimum Gasteiger partial charge on any atom is -0.309 e. The third kappa shape index (κ3) is 5.24. The normalized spacial score (nSPS) is 14.9. The maximum Gasteiger partial charge on any atom is 0.0541 e. The first-order valence-corrected chi connectivity index (χ1v) is 21.8. The van der Waals surface area contributed by atoms with Crippen LogP contribution in [-0.4, -0.2) is 9.13 Å². The Morgan fingerprint density at radius 1 is 0.356 bits per heavy atom. The van der Waals surface area contributed by atoms with Gasteiger partial charge in [-0.1, -0.05) is 125 Å². The van der Waals surface area contributed by atoms with Gasteiger partial charge < -0.3 is 9.13 Å². The highest BCUT2D eigenvalue weighted by Crippen LogP contribution is 2.47. The Kier molecular flexibility index (Phi) is 7.36. The van der Waals surface area contributed by atoms with Crippen LogP contribution in [0.5, 0.6) is 0 Å². The van der Waals surface area contributed by atoms with Crippen molar-refractivity contribution < 1.29 is 0 Å². The maximum atomic E-state index is 2.48. The largest absolute Gasteiger partial charge is 0.309 e. The number of fused-ring (bicyclic) bond motifs is 10. The summed E-state index contributed by atoms with van der Waals surface area (Å²) in [4.78, 5) is 0. The fourth-order valence-electron chi connectivity index (χ4n) is 10.3. The Morgan fingerprint density at radius 2 is 0.831 bits per heavy atom. The number of thiophene rings is 1. The third-order valence-corrected chi connectivity index (χ3v) is 14.7. The lowest BCUT2D eigenvalue weighted by atomic mass is 9.63. The third-order valence-electron chi connectivity index (χ3n) is 13.6. The molecule has 1 aliphatic rings. The van der Waals surface area contributed by atoms with Crippen LogP contribution >= 0.6 is 11.3 Å². The summed E-state index contributed by atoms with van der Waals surface area (Å²) in [6, 6.07) is 63.8. The Labute approximate surface area is 348 Å². The molecule has 0 atom stereocenters. The van der Waals surface area contributed by atoms with Gasteiger partial charge in [-0.25, -0.2) is 0 Å². The van der Waals surface area contributed by atoms with Crippen LogP contribution in [0.15, 0.2) is 170 Å². The van der Waals surface area contributed by atoms with Crippen molar-refractivity contribution in [3.05, 3.63) is 181 Å². The van der Waals surface area contributed by atoms with Crippen molar-refractivity contribution in [1.29, 1.82) is 0 Å². The quantitative estimate of drug-likeness (QED) is 0.168. The summed E-state index contributed by atoms with van der Waals surface area (Å²) in [7, 11) is 0. The number of para-hydroxylation sites is 2. The summed E-state index contributed by atoms with van der Waals surface area (Å²) < 4.78 is 7.58. The van der Waals surface area contributed by atoms with E-state index in [0.717, 1.165) is 0 Å². The Morgan fingerprint density at radius 3 is 1.49 bits per heavy atom. The van der Waals surface area contributed by atoms with Crippen molar-refractivity contribution in [2.24, 2.45) is 0 Å². The number of benzene rings is 8. The van der Waals surface area contributed by atoms with Gasteiger partial charge in [0.2, 0.25) is 0 Å². The molecule has 0 unspecified atom stereocenters. The molecule has 3 heteroatoms. The highest BCUT2D eigenvalue weighted by atomic mass is 32.1. The maximum absolute atomic E-state index is 2.48. The fourth-order valence-corrected chi connectivity index (χ4v) is 11.4. The molecule has 12 rings (SSSR count). The Balaban J connectivity index is 0.946. The average Bonchev–Trinajstić information content (AvgIpc) is 3.92. The van der Waals surface area contributed by atoms with E-state index >= 15 is 0 Å². The van der Waals surface area contributed by atoms with Gasteiger partial charge in [-0.2, -0.15) is 0 Å². The summed E-state index contributed by atoms with van der Waals surface area (Å²) in [6.07, 6.45) is 2.42. The van der Waals surface area contributed by atoms with Crippen LogP contribution in [0.1, 0.15) is 51.7 Å². The molecular formula is C56H44N2S. The first-order chi connectivity index (χ1) is 28.7. The predicted octanol–water partition coefficient (Wildman–Crippen LogP) is 15.9. The molecule has 0 spiro atoms. The van der Waals surface area contributed by atoms with E-state index in [0.29, 0.717) is 0 Å². The van der Waals surface area contributed by atoms with Gasteiger partial charge in [0, 0.05) is 53.1 Å². The number of nitrogens with zero attached hydrogens (tertiary/aromatic N) is 2. The molecule has 59 heavy (non-hydrogen) atoms. The van der Waals surface area contributed by atoms with Gasteiger partial charge in [-0.15, -0.1) is 11.3 Å². The van der Waals surface area contributed by atoms with Crippen molar-refractivity contribution >= 4 is 75.1 Å². The predicted molar refractivity (Wildman–Crippen MR) is 254 cm³/mol. The van der Waals surface area contributed by atoms with E-state index in [1.807, 2.05) is 11.3 Å². The lowest BCUT2D eigenvalue weighted by Crippen LogP contribution is -2.33. The second-order valence-corrected chi connectivity index (χ2v) is 19.1. The van der Waals surface area contributed by atoms with Crippen molar-refractivity contribution in [3.63, 3.8) is 0 Å². The van der Waals surface area contributed by atoms with Crippen molar-refractivity contribution in [2.45, 2.75) is 51.4 Å². The minimum absolute atomic E-state index is 0.147. The van der Waals surface area contributed by atoms with Crippen LogP contribution in [0.25, 0.3) is 97.4 Å². The van der Waals surface area contributed by atoms with Gasteiger partial charge in [0.1, 0.15) is 0 Å². The van der Waals surface area contributed by atoms with E-state index in [1.54, 1.807) is 0 Å². The highest BCUT2D eigenvalue weighted by Gasteiger charge is 2.37. The minimum atomic E-state index is 0.147. The molecule has 0 saturated heterocycles. The molecule has 0 saturated carbocycles. The average molecular weight is 777 g/mol. The number of aromatic nitrogens is 2. The van der Waals surface area contributed by atoms with E-state index in [4.69, 9.17) is 0 Å². The van der Waals surface area contributed by atoms with E-state index in [2.05, 4.69) is 207 Å². The van der Waals surface area contributed by atoms with E-state index in [-0.39, 0.29) is 10.8 Å². The topological polar surface area (TPSA) is 9.86 Å². The standard InChI is InChI=1S/C56H44N2S/c1-55(2)29-30-56(3,4)48-34-40(24-26-47(48)55)58-50-15-9-6-12-42(50)46-32-37(21-28-52(46)58)36-20-27-51-45(31-36)41-11-5-8-14-49(41)57(51)39-22-17-35(18-23-39)38-19-25-44-43-13-7-10-16-53(43)59-54(44)33-38/h5-28,31-34H,29-30H2,1-4H3. The Bertz CT molecular complexity index is 3500. The first kappa shape index (κ1) is 34.6. The molecule has 3 heterocycles. The zero-order valence-corrected chi connectivity index (χ0v) is 34.7. The van der Waals surface area contributed by atoms with Crippen molar-refractivity contribution in [1.82, 2.24) is 9.13 Å². The number of hydrogen-bond donors (Lipinski definition) is 0. The molecular weight excluding hydrogens is 733 g/mol. The van der Waals surface area contributed by atoms with Crippen molar-refractivity contribution in [2.75, 3.05) is 0 Å². The molecule has 284 valence electrons. The lowest BCUT2D eigenvalue weighted by Gasteiger charge is -2.42. The van der Waals surface area contributed by atoms with Gasteiger partial charge in [0.15, 0.2) is 0 Å². The summed E-state index contributed by atoms with van der Waals surface area (Å²) >= 11 is 1.87. The second kappa shape index (κ2) is 12.5. The van der Waals surface area contributed by atoms with Crippen LogP contribution in [-0.2, 0) is 10.8 Å². The lowest BCUT2D eigenvalue weighted by molar-refractivity contribution is 0.332. The first-order valence-electron chi connectivity index (χ1n) is 21.0. The molecule has 0 fully saturated rings. The molecule has 0 radical (unpaired) electrons. The van der Waals surface area contributed by atoms with Crippen LogP contribution in [0.2, 0.25) is 0 Å². The zero-order chi connectivity index (χ0) is 39.6. The van der Waals surface area contributed by atoms with Gasteiger partial charge in [-0.3, -0.25) is 0 Å². The summed E-state index contributed by atoms with van der Waals surface area (Å²) in [5.41, 5.74) is 15.6. The summed E-state index contributed by atoms with van der Waals surface area (Å²) in [5, 5.41) is 7.77. The van der Waals surface area contributed by atoms with Gasteiger partial charge in [-0.05, 0) is 130 Å². The molecule has 0 bridgehead atoms. The summed E-state index contributed by atoms with van der Waals surface area (Å²) in [5.74, 6) is 0. The SMILES string of the molecule is CC1(C)CCC(C)(C)c2cc(-n3c4ccccc4c4cc(-c5ccc6c(c5)c5ccccc5n6-c5ccc(-c6ccc7c(c6)sc6ccccc67)cc5)ccc43)ccc21. The molecule has 0 aliphatic heterocycles. The molecule has 0 amide bonds. The van der Waals surface area contributed by atoms with Crippen LogP contribution in [0, 0.1) is 0 Å². The molecule has 2 nitrogen and oxygen atoms in total. The Hall–Kier alpha value is -6.42. The monoisotopic (exact) mass is 776 g/mol. The van der Waals surface area contributed by atoms with Gasteiger partial charge in [0.25, 0.3) is 0 Å². The molecule has 11 aromatic rings. The van der Waals surface area contributed by atoms with Gasteiger partial charge >= 0.3 is 0 Å². The van der Waals surface area contributed by atoms with Gasteiger partial charge in [0.05, 0.1) is 22.1 Å².